The fourth-order valence-electron chi connectivity index (χ4n) is 4.04. The highest BCUT2D eigenvalue weighted by Gasteiger charge is 2.41. The first-order chi connectivity index (χ1) is 16.5. The van der Waals surface area contributed by atoms with Crippen LogP contribution in [-0.4, -0.2) is 47.7 Å². The zero-order chi connectivity index (χ0) is 24.1. The van der Waals surface area contributed by atoms with E-state index in [4.69, 9.17) is 26.1 Å². The SMILES string of the molecule is COC(=O)CCCN1C(=S)N[C@H](c2ccccn2)[C@H]1c1ccc(-c2cccc(C(=O)OC)c2)o1. The van der Waals surface area contributed by atoms with Gasteiger partial charge in [-0.15, -0.1) is 0 Å². The number of carbonyl (C=O) groups excluding carboxylic acids is 2. The average Bonchev–Trinajstić information content (AvgIpc) is 3.49. The summed E-state index contributed by atoms with van der Waals surface area (Å²) in [6, 6.07) is 16.1. The quantitative estimate of drug-likeness (QED) is 0.379. The molecule has 8 nitrogen and oxygen atoms in total. The van der Waals surface area contributed by atoms with Gasteiger partial charge in [-0.1, -0.05) is 18.2 Å². The lowest BCUT2D eigenvalue weighted by atomic mass is 10.0. The first-order valence-electron chi connectivity index (χ1n) is 10.8. The molecule has 4 rings (SSSR count). The van der Waals surface area contributed by atoms with Crippen molar-refractivity contribution in [2.75, 3.05) is 20.8 Å². The molecule has 2 aromatic heterocycles. The molecule has 0 bridgehead atoms. The van der Waals surface area contributed by atoms with Crippen molar-refractivity contribution in [2.45, 2.75) is 24.9 Å². The Hall–Kier alpha value is -3.72. The third-order valence-corrected chi connectivity index (χ3v) is 6.04. The molecule has 3 heterocycles. The number of aromatic nitrogens is 1. The van der Waals surface area contributed by atoms with Gasteiger partial charge in [0.1, 0.15) is 17.6 Å². The maximum Gasteiger partial charge on any atom is 0.337 e. The van der Waals surface area contributed by atoms with Gasteiger partial charge in [-0.05, 0) is 55.0 Å². The Morgan fingerprint density at radius 3 is 2.71 bits per heavy atom. The van der Waals surface area contributed by atoms with Gasteiger partial charge in [0.25, 0.3) is 0 Å². The van der Waals surface area contributed by atoms with E-state index in [2.05, 4.69) is 10.3 Å². The summed E-state index contributed by atoms with van der Waals surface area (Å²) < 4.78 is 15.9. The molecule has 0 radical (unpaired) electrons. The number of pyridine rings is 1. The van der Waals surface area contributed by atoms with Crippen molar-refractivity contribution >= 4 is 29.3 Å². The number of thiocarbonyl (C=S) groups is 1. The third kappa shape index (κ3) is 4.94. The van der Waals surface area contributed by atoms with E-state index in [9.17, 15) is 9.59 Å². The summed E-state index contributed by atoms with van der Waals surface area (Å²) in [5.41, 5.74) is 2.03. The highest BCUT2D eigenvalue weighted by molar-refractivity contribution is 7.80. The van der Waals surface area contributed by atoms with Crippen LogP contribution < -0.4 is 5.32 Å². The predicted molar refractivity (Wildman–Crippen MR) is 129 cm³/mol. The number of methoxy groups -OCH3 is 2. The topological polar surface area (TPSA) is 93.9 Å². The molecule has 0 saturated carbocycles. The summed E-state index contributed by atoms with van der Waals surface area (Å²) >= 11 is 5.64. The van der Waals surface area contributed by atoms with Crippen molar-refractivity contribution in [2.24, 2.45) is 0 Å². The van der Waals surface area contributed by atoms with Crippen LogP contribution in [0.25, 0.3) is 11.3 Å². The van der Waals surface area contributed by atoms with E-state index >= 15 is 0 Å². The smallest absolute Gasteiger partial charge is 0.337 e. The zero-order valence-electron chi connectivity index (χ0n) is 18.9. The minimum Gasteiger partial charge on any atom is -0.469 e. The Morgan fingerprint density at radius 2 is 1.97 bits per heavy atom. The Bertz CT molecular complexity index is 1180. The van der Waals surface area contributed by atoms with Crippen LogP contribution in [0.1, 0.15) is 46.7 Å². The first-order valence-corrected chi connectivity index (χ1v) is 11.3. The van der Waals surface area contributed by atoms with E-state index in [1.807, 2.05) is 41.3 Å². The van der Waals surface area contributed by atoms with Crippen LogP contribution in [0.5, 0.6) is 0 Å². The van der Waals surface area contributed by atoms with E-state index in [1.54, 1.807) is 24.4 Å². The van der Waals surface area contributed by atoms with Gasteiger partial charge >= 0.3 is 11.9 Å². The summed E-state index contributed by atoms with van der Waals surface area (Å²) in [5.74, 6) is 0.639. The highest BCUT2D eigenvalue weighted by atomic mass is 32.1. The molecular formula is C25H25N3O5S. The molecule has 1 aliphatic heterocycles. The fraction of sp³-hybridized carbons (Fsp3) is 0.280. The number of hydrogen-bond donors (Lipinski definition) is 1. The van der Waals surface area contributed by atoms with E-state index in [0.717, 1.165) is 11.3 Å². The minimum absolute atomic E-state index is 0.229. The van der Waals surface area contributed by atoms with E-state index in [0.29, 0.717) is 41.6 Å². The van der Waals surface area contributed by atoms with Crippen LogP contribution in [0, 0.1) is 0 Å². The molecule has 2 atom stereocenters. The van der Waals surface area contributed by atoms with Crippen molar-refractivity contribution in [3.8, 4) is 11.3 Å². The fourth-order valence-corrected chi connectivity index (χ4v) is 4.37. The Morgan fingerprint density at radius 1 is 1.12 bits per heavy atom. The molecular weight excluding hydrogens is 454 g/mol. The third-order valence-electron chi connectivity index (χ3n) is 5.69. The maximum atomic E-state index is 11.9. The number of esters is 2. The van der Waals surface area contributed by atoms with E-state index in [-0.39, 0.29) is 18.1 Å². The molecule has 176 valence electrons. The normalized spacial score (nSPS) is 17.4. The Labute approximate surface area is 202 Å². The number of nitrogens with one attached hydrogen (secondary N) is 1. The van der Waals surface area contributed by atoms with Crippen LogP contribution >= 0.6 is 12.2 Å². The molecule has 1 aliphatic rings. The molecule has 1 aromatic carbocycles. The lowest BCUT2D eigenvalue weighted by molar-refractivity contribution is -0.140. The van der Waals surface area contributed by atoms with Crippen molar-refractivity contribution in [1.29, 1.82) is 0 Å². The van der Waals surface area contributed by atoms with Gasteiger partial charge in [0.2, 0.25) is 0 Å². The highest BCUT2D eigenvalue weighted by Crippen LogP contribution is 2.40. The van der Waals surface area contributed by atoms with Gasteiger partial charge in [0.05, 0.1) is 31.5 Å². The number of benzene rings is 1. The van der Waals surface area contributed by atoms with Gasteiger partial charge in [-0.2, -0.15) is 0 Å². The zero-order valence-corrected chi connectivity index (χ0v) is 19.7. The number of furan rings is 1. The van der Waals surface area contributed by atoms with Gasteiger partial charge in [-0.25, -0.2) is 4.79 Å². The summed E-state index contributed by atoms with van der Waals surface area (Å²) in [4.78, 5) is 30.1. The van der Waals surface area contributed by atoms with Crippen LogP contribution in [-0.2, 0) is 14.3 Å². The average molecular weight is 480 g/mol. The Balaban J connectivity index is 1.65. The number of ether oxygens (including phenoxy) is 2. The van der Waals surface area contributed by atoms with Gasteiger partial charge in [0, 0.05) is 24.7 Å². The van der Waals surface area contributed by atoms with E-state index < -0.39 is 5.97 Å². The standard InChI is InChI=1S/C25H25N3O5S/c1-31-21(29)10-6-14-28-23(22(27-25(28)34)18-9-3-4-13-26-18)20-12-11-19(33-20)16-7-5-8-17(15-16)24(30)32-2/h3-5,7-9,11-13,15,22-23H,6,10,14H2,1-2H3,(H,27,34)/t22-,23-/m1/s1. The van der Waals surface area contributed by atoms with Crippen molar-refractivity contribution < 1.29 is 23.5 Å². The van der Waals surface area contributed by atoms with Crippen LogP contribution in [0.15, 0.2) is 65.2 Å². The first kappa shape index (κ1) is 23.4. The van der Waals surface area contributed by atoms with Crippen LogP contribution in [0.4, 0.5) is 0 Å². The molecule has 1 N–H and O–H groups in total. The molecule has 0 unspecified atom stereocenters. The van der Waals surface area contributed by atoms with Crippen molar-refractivity contribution in [3.05, 3.63) is 77.8 Å². The summed E-state index contributed by atoms with van der Waals surface area (Å²) in [7, 11) is 2.73. The number of hydrogen-bond acceptors (Lipinski definition) is 7. The van der Waals surface area contributed by atoms with E-state index in [1.165, 1.54) is 14.2 Å². The monoisotopic (exact) mass is 479 g/mol. The summed E-state index contributed by atoms with van der Waals surface area (Å²) in [5, 5.41) is 3.93. The molecule has 34 heavy (non-hydrogen) atoms. The number of rotatable bonds is 8. The second-order valence-corrected chi connectivity index (χ2v) is 8.16. The second kappa shape index (κ2) is 10.5. The second-order valence-electron chi connectivity index (χ2n) is 7.77. The molecule has 9 heteroatoms. The maximum absolute atomic E-state index is 11.9. The van der Waals surface area contributed by atoms with Gasteiger partial charge < -0.3 is 24.1 Å². The summed E-state index contributed by atoms with van der Waals surface area (Å²) in [6.45, 7) is 0.544. The Kier molecular flexibility index (Phi) is 7.22. The van der Waals surface area contributed by atoms with Gasteiger partial charge in [0.15, 0.2) is 5.11 Å². The molecule has 0 spiro atoms. The number of carbonyl (C=O) groups is 2. The van der Waals surface area contributed by atoms with Gasteiger partial charge in [-0.3, -0.25) is 9.78 Å². The minimum atomic E-state index is -0.411. The molecule has 3 aromatic rings. The number of nitrogens with zero attached hydrogens (tertiary/aromatic N) is 2. The lowest BCUT2D eigenvalue weighted by Gasteiger charge is -2.25. The molecule has 0 amide bonds. The molecule has 1 fully saturated rings. The van der Waals surface area contributed by atoms with Crippen LogP contribution in [0.2, 0.25) is 0 Å². The molecule has 0 aliphatic carbocycles. The predicted octanol–water partition coefficient (Wildman–Crippen LogP) is 4.05. The largest absolute Gasteiger partial charge is 0.469 e. The van der Waals surface area contributed by atoms with Crippen molar-refractivity contribution in [1.82, 2.24) is 15.2 Å². The summed E-state index contributed by atoms with van der Waals surface area (Å²) in [6.07, 6.45) is 2.61. The molecule has 1 saturated heterocycles. The lowest BCUT2D eigenvalue weighted by Crippen LogP contribution is -2.30. The van der Waals surface area contributed by atoms with Crippen LogP contribution in [0.3, 0.4) is 0 Å². The van der Waals surface area contributed by atoms with Crippen molar-refractivity contribution in [3.63, 3.8) is 0 Å².